The lowest BCUT2D eigenvalue weighted by atomic mass is 9.92. The van der Waals surface area contributed by atoms with Crippen molar-refractivity contribution in [3.05, 3.63) is 18.1 Å². The molecule has 2 rings (SSSR count). The van der Waals surface area contributed by atoms with Crippen LogP contribution in [0.5, 0.6) is 0 Å². The molecule has 5 nitrogen and oxygen atoms in total. The van der Waals surface area contributed by atoms with Crippen LogP contribution in [0.15, 0.2) is 12.3 Å². The lowest BCUT2D eigenvalue weighted by molar-refractivity contribution is -0.138. The van der Waals surface area contributed by atoms with E-state index in [4.69, 9.17) is 4.98 Å². The van der Waals surface area contributed by atoms with Crippen molar-refractivity contribution in [2.45, 2.75) is 59.8 Å². The zero-order valence-electron chi connectivity index (χ0n) is 17.0. The molecule has 0 bridgehead atoms. The lowest BCUT2D eigenvalue weighted by Crippen LogP contribution is -2.43. The molecule has 140 valence electrons. The summed E-state index contributed by atoms with van der Waals surface area (Å²) in [6, 6.07) is 2.00. The second-order valence-electron chi connectivity index (χ2n) is 9.35. The average molecular weight is 347 g/mol. The fraction of sp³-hybridized carbons (Fsp3) is 0.750. The molecule has 5 heteroatoms. The van der Waals surface area contributed by atoms with E-state index in [-0.39, 0.29) is 16.7 Å². The van der Waals surface area contributed by atoms with Gasteiger partial charge >= 0.3 is 0 Å². The minimum absolute atomic E-state index is 0.0373. The number of piperidine rings is 1. The SMILES string of the molecule is CN(CC1CCN(c2ccnc(C(C)(C)C)n2)CC1)C(=O)C(C)(C)C. The summed E-state index contributed by atoms with van der Waals surface area (Å²) in [5.74, 6) is 2.71. The molecule has 0 aromatic carbocycles. The van der Waals surface area contributed by atoms with Crippen molar-refractivity contribution in [2.24, 2.45) is 11.3 Å². The molecule has 1 aromatic heterocycles. The molecule has 0 spiro atoms. The van der Waals surface area contributed by atoms with Gasteiger partial charge in [0.15, 0.2) is 0 Å². The number of hydrogen-bond acceptors (Lipinski definition) is 4. The number of amides is 1. The molecular weight excluding hydrogens is 312 g/mol. The Hall–Kier alpha value is -1.65. The third-order valence-electron chi connectivity index (χ3n) is 4.77. The molecule has 1 aliphatic rings. The quantitative estimate of drug-likeness (QED) is 0.840. The van der Waals surface area contributed by atoms with Crippen molar-refractivity contribution < 1.29 is 4.79 Å². The Morgan fingerprint density at radius 2 is 1.80 bits per heavy atom. The maximum absolute atomic E-state index is 12.4. The Kier molecular flexibility index (Phi) is 5.75. The molecule has 0 N–H and O–H groups in total. The number of carbonyl (C=O) groups is 1. The van der Waals surface area contributed by atoms with Crippen LogP contribution in [0, 0.1) is 11.3 Å². The Morgan fingerprint density at radius 1 is 1.20 bits per heavy atom. The van der Waals surface area contributed by atoms with Gasteiger partial charge < -0.3 is 9.80 Å². The zero-order valence-corrected chi connectivity index (χ0v) is 17.0. The minimum atomic E-state index is -0.306. The van der Waals surface area contributed by atoms with Crippen LogP contribution in [0.25, 0.3) is 0 Å². The van der Waals surface area contributed by atoms with Gasteiger partial charge in [0.25, 0.3) is 0 Å². The molecule has 2 heterocycles. The number of rotatable bonds is 3. The van der Waals surface area contributed by atoms with E-state index in [1.165, 1.54) is 0 Å². The van der Waals surface area contributed by atoms with E-state index >= 15 is 0 Å². The molecule has 1 fully saturated rings. The first-order valence-corrected chi connectivity index (χ1v) is 9.32. The topological polar surface area (TPSA) is 49.3 Å². The summed E-state index contributed by atoms with van der Waals surface area (Å²) in [4.78, 5) is 25.8. The van der Waals surface area contributed by atoms with E-state index in [9.17, 15) is 4.79 Å². The van der Waals surface area contributed by atoms with Crippen molar-refractivity contribution in [3.63, 3.8) is 0 Å². The predicted molar refractivity (Wildman–Crippen MR) is 103 cm³/mol. The molecule has 1 aliphatic heterocycles. The fourth-order valence-electron chi connectivity index (χ4n) is 3.27. The van der Waals surface area contributed by atoms with E-state index < -0.39 is 0 Å². The van der Waals surface area contributed by atoms with Crippen LogP contribution in [-0.2, 0) is 10.2 Å². The molecule has 0 aliphatic carbocycles. The van der Waals surface area contributed by atoms with E-state index in [0.29, 0.717) is 5.92 Å². The van der Waals surface area contributed by atoms with E-state index in [2.05, 4.69) is 30.7 Å². The Bertz CT molecular complexity index is 592. The van der Waals surface area contributed by atoms with Gasteiger partial charge in [0, 0.05) is 43.7 Å². The van der Waals surface area contributed by atoms with Crippen molar-refractivity contribution in [2.75, 3.05) is 31.6 Å². The molecule has 1 amide bonds. The molecule has 0 atom stereocenters. The third kappa shape index (κ3) is 5.16. The van der Waals surface area contributed by atoms with Crippen molar-refractivity contribution in [1.29, 1.82) is 0 Å². The maximum Gasteiger partial charge on any atom is 0.227 e. The van der Waals surface area contributed by atoms with Gasteiger partial charge in [-0.1, -0.05) is 41.5 Å². The highest BCUT2D eigenvalue weighted by Gasteiger charge is 2.28. The molecule has 25 heavy (non-hydrogen) atoms. The number of aromatic nitrogens is 2. The fourth-order valence-corrected chi connectivity index (χ4v) is 3.27. The van der Waals surface area contributed by atoms with E-state index in [1.807, 2.05) is 45.0 Å². The average Bonchev–Trinajstić information content (AvgIpc) is 2.53. The number of nitrogens with zero attached hydrogens (tertiary/aromatic N) is 4. The van der Waals surface area contributed by atoms with Crippen molar-refractivity contribution in [1.82, 2.24) is 14.9 Å². The van der Waals surface area contributed by atoms with Crippen LogP contribution < -0.4 is 4.90 Å². The normalized spacial score (nSPS) is 16.8. The van der Waals surface area contributed by atoms with Crippen LogP contribution in [0.1, 0.15) is 60.2 Å². The minimum Gasteiger partial charge on any atom is -0.356 e. The molecule has 0 radical (unpaired) electrons. The molecular formula is C20H34N4O. The summed E-state index contributed by atoms with van der Waals surface area (Å²) < 4.78 is 0. The maximum atomic E-state index is 12.4. The second kappa shape index (κ2) is 7.30. The first kappa shape index (κ1) is 19.7. The Balaban J connectivity index is 1.93. The van der Waals surface area contributed by atoms with E-state index in [0.717, 1.165) is 44.1 Å². The van der Waals surface area contributed by atoms with Crippen LogP contribution in [0.3, 0.4) is 0 Å². The van der Waals surface area contributed by atoms with E-state index in [1.54, 1.807) is 0 Å². The Labute approximate surface area is 152 Å². The molecule has 0 saturated carbocycles. The smallest absolute Gasteiger partial charge is 0.227 e. The molecule has 0 unspecified atom stereocenters. The highest BCUT2D eigenvalue weighted by molar-refractivity contribution is 5.81. The summed E-state index contributed by atoms with van der Waals surface area (Å²) in [6.07, 6.45) is 4.05. The van der Waals surface area contributed by atoms with Gasteiger partial charge in [-0.15, -0.1) is 0 Å². The van der Waals surface area contributed by atoms with Crippen LogP contribution in [-0.4, -0.2) is 47.5 Å². The van der Waals surface area contributed by atoms with Gasteiger partial charge in [-0.3, -0.25) is 4.79 Å². The number of anilines is 1. The van der Waals surface area contributed by atoms with Gasteiger partial charge in [-0.2, -0.15) is 0 Å². The van der Waals surface area contributed by atoms with Crippen LogP contribution in [0.4, 0.5) is 5.82 Å². The Morgan fingerprint density at radius 3 is 2.32 bits per heavy atom. The number of hydrogen-bond donors (Lipinski definition) is 0. The van der Waals surface area contributed by atoms with Crippen LogP contribution in [0.2, 0.25) is 0 Å². The predicted octanol–water partition coefficient (Wildman–Crippen LogP) is 3.50. The largest absolute Gasteiger partial charge is 0.356 e. The van der Waals surface area contributed by atoms with Crippen molar-refractivity contribution >= 4 is 11.7 Å². The first-order valence-electron chi connectivity index (χ1n) is 9.32. The molecule has 1 aromatic rings. The summed E-state index contributed by atoms with van der Waals surface area (Å²) in [6.45, 7) is 15.2. The lowest BCUT2D eigenvalue weighted by Gasteiger charge is -2.36. The standard InChI is InChI=1S/C20H34N4O/c1-19(2,3)17-21-11-8-16(22-17)24-12-9-15(10-13-24)14-23(7)18(25)20(4,5)6/h8,11,15H,9-10,12-14H2,1-7H3. The van der Waals surface area contributed by atoms with Gasteiger partial charge in [-0.05, 0) is 24.8 Å². The first-order chi connectivity index (χ1) is 11.5. The van der Waals surface area contributed by atoms with Gasteiger partial charge in [-0.25, -0.2) is 9.97 Å². The van der Waals surface area contributed by atoms with Gasteiger partial charge in [0.1, 0.15) is 11.6 Å². The van der Waals surface area contributed by atoms with Gasteiger partial charge in [0.05, 0.1) is 0 Å². The van der Waals surface area contributed by atoms with Crippen LogP contribution >= 0.6 is 0 Å². The third-order valence-corrected chi connectivity index (χ3v) is 4.77. The summed E-state index contributed by atoms with van der Waals surface area (Å²) >= 11 is 0. The summed E-state index contributed by atoms with van der Waals surface area (Å²) in [5.41, 5.74) is -0.343. The van der Waals surface area contributed by atoms with Gasteiger partial charge in [0.2, 0.25) is 5.91 Å². The zero-order chi connectivity index (χ0) is 18.8. The monoisotopic (exact) mass is 346 g/mol. The summed E-state index contributed by atoms with van der Waals surface area (Å²) in [5, 5.41) is 0. The second-order valence-corrected chi connectivity index (χ2v) is 9.35. The summed E-state index contributed by atoms with van der Waals surface area (Å²) in [7, 11) is 1.93. The number of carbonyl (C=O) groups excluding carboxylic acids is 1. The van der Waals surface area contributed by atoms with Crippen molar-refractivity contribution in [3.8, 4) is 0 Å². The highest BCUT2D eigenvalue weighted by atomic mass is 16.2. The highest BCUT2D eigenvalue weighted by Crippen LogP contribution is 2.26. The molecule has 1 saturated heterocycles.